The van der Waals surface area contributed by atoms with E-state index in [9.17, 15) is 22.8 Å². The van der Waals surface area contributed by atoms with Crippen molar-refractivity contribution in [2.24, 2.45) is 12.1 Å². The summed E-state index contributed by atoms with van der Waals surface area (Å²) >= 11 is 0. The summed E-state index contributed by atoms with van der Waals surface area (Å²) < 4.78 is 39.9. The second-order valence-corrected chi connectivity index (χ2v) is 5.61. The molecule has 0 bridgehead atoms. The molecular formula is C18H13F3N4O2. The van der Waals surface area contributed by atoms with E-state index in [1.807, 2.05) is 0 Å². The molecule has 0 aliphatic carbocycles. The first-order valence-corrected chi connectivity index (χ1v) is 7.74. The number of rotatable bonds is 3. The van der Waals surface area contributed by atoms with Crippen LogP contribution in [0.5, 0.6) is 0 Å². The van der Waals surface area contributed by atoms with Crippen LogP contribution in [0.2, 0.25) is 0 Å². The maximum Gasteiger partial charge on any atom is 0.417 e. The molecule has 6 nitrogen and oxygen atoms in total. The smallest absolute Gasteiger partial charge is 0.267 e. The minimum atomic E-state index is -4.54. The van der Waals surface area contributed by atoms with Crippen molar-refractivity contribution in [3.63, 3.8) is 0 Å². The highest BCUT2D eigenvalue weighted by Crippen LogP contribution is 2.31. The van der Waals surface area contributed by atoms with Crippen LogP contribution in [0.25, 0.3) is 10.8 Å². The average molecular weight is 374 g/mol. The summed E-state index contributed by atoms with van der Waals surface area (Å²) in [5, 5.41) is 8.14. The first-order chi connectivity index (χ1) is 12.8. The van der Waals surface area contributed by atoms with E-state index in [4.69, 9.17) is 0 Å². The predicted octanol–water partition coefficient (Wildman–Crippen LogP) is 2.72. The van der Waals surface area contributed by atoms with Crippen molar-refractivity contribution >= 4 is 22.9 Å². The fraction of sp³-hybridized carbons (Fsp3) is 0.111. The third kappa shape index (κ3) is 3.71. The van der Waals surface area contributed by atoms with Gasteiger partial charge in [0.25, 0.3) is 11.5 Å². The SMILES string of the molecule is Cn1nc(C(=O)N/N=C\c2ccccc2C(F)(F)F)c2ccccc2c1=O. The summed E-state index contributed by atoms with van der Waals surface area (Å²) in [5.74, 6) is -0.748. The van der Waals surface area contributed by atoms with Crippen molar-refractivity contribution in [3.8, 4) is 0 Å². The van der Waals surface area contributed by atoms with Gasteiger partial charge in [-0.05, 0) is 12.1 Å². The van der Waals surface area contributed by atoms with Crippen LogP contribution >= 0.6 is 0 Å². The lowest BCUT2D eigenvalue weighted by Crippen LogP contribution is -2.27. The number of carbonyl (C=O) groups excluding carboxylic acids is 1. The van der Waals surface area contributed by atoms with Gasteiger partial charge in [-0.2, -0.15) is 23.4 Å². The van der Waals surface area contributed by atoms with Crippen LogP contribution in [0.1, 0.15) is 21.6 Å². The van der Waals surface area contributed by atoms with Crippen LogP contribution in [-0.2, 0) is 13.2 Å². The van der Waals surface area contributed by atoms with Crippen LogP contribution in [0.3, 0.4) is 0 Å². The number of fused-ring (bicyclic) bond motifs is 1. The molecule has 1 amide bonds. The van der Waals surface area contributed by atoms with Gasteiger partial charge < -0.3 is 0 Å². The number of hydrogen-bond donors (Lipinski definition) is 1. The highest BCUT2D eigenvalue weighted by molar-refractivity contribution is 6.05. The third-order valence-electron chi connectivity index (χ3n) is 3.81. The van der Waals surface area contributed by atoms with Crippen LogP contribution in [0.4, 0.5) is 13.2 Å². The highest BCUT2D eigenvalue weighted by atomic mass is 19.4. The lowest BCUT2D eigenvalue weighted by Gasteiger charge is -2.09. The molecule has 138 valence electrons. The molecule has 0 aliphatic rings. The summed E-state index contributed by atoms with van der Waals surface area (Å²) in [5.41, 5.74) is 0.660. The summed E-state index contributed by atoms with van der Waals surface area (Å²) in [6.45, 7) is 0. The number of alkyl halides is 3. The predicted molar refractivity (Wildman–Crippen MR) is 93.5 cm³/mol. The molecule has 0 saturated heterocycles. The Balaban J connectivity index is 1.90. The number of hydrazone groups is 1. The molecule has 0 radical (unpaired) electrons. The second kappa shape index (κ2) is 7.02. The molecule has 1 aromatic heterocycles. The maximum atomic E-state index is 13.0. The first-order valence-electron chi connectivity index (χ1n) is 7.74. The Labute approximate surface area is 150 Å². The number of hydrogen-bond acceptors (Lipinski definition) is 4. The van der Waals surface area contributed by atoms with Crippen molar-refractivity contribution in [2.45, 2.75) is 6.18 Å². The zero-order valence-corrected chi connectivity index (χ0v) is 14.0. The third-order valence-corrected chi connectivity index (χ3v) is 3.81. The Morgan fingerprint density at radius 3 is 2.44 bits per heavy atom. The Morgan fingerprint density at radius 1 is 1.11 bits per heavy atom. The number of nitrogens with one attached hydrogen (secondary N) is 1. The van der Waals surface area contributed by atoms with Crippen molar-refractivity contribution < 1.29 is 18.0 Å². The van der Waals surface area contributed by atoms with E-state index >= 15 is 0 Å². The zero-order valence-electron chi connectivity index (χ0n) is 14.0. The van der Waals surface area contributed by atoms with E-state index < -0.39 is 17.6 Å². The van der Waals surface area contributed by atoms with Crippen molar-refractivity contribution in [2.75, 3.05) is 0 Å². The van der Waals surface area contributed by atoms with E-state index in [0.717, 1.165) is 17.0 Å². The van der Waals surface area contributed by atoms with Crippen LogP contribution in [0, 0.1) is 0 Å². The number of aromatic nitrogens is 2. The molecule has 2 aromatic carbocycles. The van der Waals surface area contributed by atoms with Crippen LogP contribution in [-0.4, -0.2) is 21.9 Å². The van der Waals surface area contributed by atoms with Gasteiger partial charge in [-0.15, -0.1) is 0 Å². The molecule has 0 saturated carbocycles. The Bertz CT molecular complexity index is 1100. The molecule has 27 heavy (non-hydrogen) atoms. The lowest BCUT2D eigenvalue weighted by molar-refractivity contribution is -0.137. The van der Waals surface area contributed by atoms with Crippen molar-refractivity contribution in [1.29, 1.82) is 0 Å². The molecule has 1 N–H and O–H groups in total. The summed E-state index contributed by atoms with van der Waals surface area (Å²) in [6, 6.07) is 11.3. The Morgan fingerprint density at radius 2 is 1.74 bits per heavy atom. The quantitative estimate of drug-likeness (QED) is 0.566. The molecule has 0 fully saturated rings. The van der Waals surface area contributed by atoms with Gasteiger partial charge in [0.1, 0.15) is 0 Å². The Kier molecular flexibility index (Phi) is 4.76. The molecule has 0 unspecified atom stereocenters. The second-order valence-electron chi connectivity index (χ2n) is 5.61. The van der Waals surface area contributed by atoms with E-state index in [1.165, 1.54) is 25.2 Å². The molecule has 9 heteroatoms. The van der Waals surface area contributed by atoms with Crippen LogP contribution in [0.15, 0.2) is 58.4 Å². The van der Waals surface area contributed by atoms with Crippen molar-refractivity contribution in [3.05, 3.63) is 75.7 Å². The average Bonchev–Trinajstić information content (AvgIpc) is 2.64. The lowest BCUT2D eigenvalue weighted by atomic mass is 10.1. The number of amides is 1. The maximum absolute atomic E-state index is 13.0. The minimum absolute atomic E-state index is 0.0612. The van der Waals surface area contributed by atoms with Gasteiger partial charge in [0.05, 0.1) is 17.2 Å². The number of benzene rings is 2. The van der Waals surface area contributed by atoms with E-state index in [1.54, 1.807) is 24.3 Å². The van der Waals surface area contributed by atoms with E-state index in [2.05, 4.69) is 15.6 Å². The Hall–Kier alpha value is -3.49. The van der Waals surface area contributed by atoms with E-state index in [-0.39, 0.29) is 16.8 Å². The topological polar surface area (TPSA) is 76.3 Å². The summed E-state index contributed by atoms with van der Waals surface area (Å²) in [7, 11) is 1.40. The number of halogens is 3. The number of aryl methyl sites for hydroxylation is 1. The molecule has 3 rings (SSSR count). The van der Waals surface area contributed by atoms with Gasteiger partial charge in [-0.3, -0.25) is 9.59 Å². The van der Waals surface area contributed by atoms with Crippen LogP contribution < -0.4 is 11.0 Å². The molecule has 1 heterocycles. The minimum Gasteiger partial charge on any atom is -0.267 e. The van der Waals surface area contributed by atoms with E-state index in [0.29, 0.717) is 10.8 Å². The zero-order chi connectivity index (χ0) is 19.6. The largest absolute Gasteiger partial charge is 0.417 e. The summed E-state index contributed by atoms with van der Waals surface area (Å²) in [4.78, 5) is 24.4. The number of carbonyl (C=O) groups is 1. The van der Waals surface area contributed by atoms with Gasteiger partial charge >= 0.3 is 6.18 Å². The standard InChI is InChI=1S/C18H13F3N4O2/c1-25-17(27)13-8-4-3-7-12(13)15(24-25)16(26)23-22-10-11-6-2-5-9-14(11)18(19,20)21/h2-10H,1H3,(H,23,26)/b22-10-. The summed E-state index contributed by atoms with van der Waals surface area (Å²) in [6.07, 6.45) is -3.63. The van der Waals surface area contributed by atoms with Gasteiger partial charge in [0, 0.05) is 18.0 Å². The normalized spacial score (nSPS) is 11.9. The van der Waals surface area contributed by atoms with Gasteiger partial charge in [-0.1, -0.05) is 36.4 Å². The highest BCUT2D eigenvalue weighted by Gasteiger charge is 2.32. The fourth-order valence-corrected chi connectivity index (χ4v) is 2.55. The van der Waals surface area contributed by atoms with Gasteiger partial charge in [-0.25, -0.2) is 10.1 Å². The first kappa shape index (κ1) is 18.3. The molecular weight excluding hydrogens is 361 g/mol. The monoisotopic (exact) mass is 374 g/mol. The fourth-order valence-electron chi connectivity index (χ4n) is 2.55. The number of nitrogens with zero attached hydrogens (tertiary/aromatic N) is 3. The molecule has 0 spiro atoms. The molecule has 3 aromatic rings. The molecule has 0 atom stereocenters. The van der Waals surface area contributed by atoms with Gasteiger partial charge in [0.2, 0.25) is 0 Å². The van der Waals surface area contributed by atoms with Crippen molar-refractivity contribution in [1.82, 2.24) is 15.2 Å². The van der Waals surface area contributed by atoms with Gasteiger partial charge in [0.15, 0.2) is 5.69 Å². The molecule has 0 aliphatic heterocycles.